The number of halogens is 1. The first-order chi connectivity index (χ1) is 13.5. The number of nitrogens with one attached hydrogen (secondary N) is 2. The first-order valence-corrected chi connectivity index (χ1v) is 10.1. The SMILES string of the molecule is CC[NH+](CC)CCCCC(NC(=O)c1ccc(C(N)=O)cc1)c1ccccc1.[Cl-]. The van der Waals surface area contributed by atoms with Crippen molar-refractivity contribution in [3.63, 3.8) is 0 Å². The fourth-order valence-corrected chi connectivity index (χ4v) is 3.36. The molecule has 0 saturated heterocycles. The van der Waals surface area contributed by atoms with Gasteiger partial charge in [-0.15, -0.1) is 0 Å². The summed E-state index contributed by atoms with van der Waals surface area (Å²) in [5, 5.41) is 3.15. The molecule has 2 amide bonds. The molecule has 2 aromatic rings. The van der Waals surface area contributed by atoms with Crippen LogP contribution in [0.25, 0.3) is 0 Å². The maximum atomic E-state index is 12.7. The third-order valence-corrected chi connectivity index (χ3v) is 5.21. The average molecular weight is 418 g/mol. The van der Waals surface area contributed by atoms with Crippen molar-refractivity contribution in [2.45, 2.75) is 39.2 Å². The number of hydrogen-bond donors (Lipinski definition) is 3. The van der Waals surface area contributed by atoms with Crippen LogP contribution in [0, 0.1) is 0 Å². The normalized spacial score (nSPS) is 11.6. The summed E-state index contributed by atoms with van der Waals surface area (Å²) in [6, 6.07) is 16.5. The zero-order valence-electron chi connectivity index (χ0n) is 17.3. The van der Waals surface area contributed by atoms with Crippen molar-refractivity contribution >= 4 is 11.8 Å². The summed E-state index contributed by atoms with van der Waals surface area (Å²) in [5.41, 5.74) is 7.30. The van der Waals surface area contributed by atoms with E-state index in [-0.39, 0.29) is 24.4 Å². The van der Waals surface area contributed by atoms with Gasteiger partial charge >= 0.3 is 0 Å². The molecule has 4 N–H and O–H groups in total. The fraction of sp³-hybridized carbons (Fsp3) is 0.391. The molecular formula is C23H32ClN3O2. The molecule has 0 fully saturated rings. The van der Waals surface area contributed by atoms with Crippen LogP contribution in [0.15, 0.2) is 54.6 Å². The van der Waals surface area contributed by atoms with E-state index in [1.807, 2.05) is 18.2 Å². The topological polar surface area (TPSA) is 76.6 Å². The number of unbranched alkanes of at least 4 members (excludes halogenated alkanes) is 1. The molecule has 2 rings (SSSR count). The minimum atomic E-state index is -0.496. The van der Waals surface area contributed by atoms with Gasteiger partial charge < -0.3 is 28.4 Å². The van der Waals surface area contributed by atoms with Gasteiger partial charge in [-0.25, -0.2) is 0 Å². The minimum Gasteiger partial charge on any atom is -1.00 e. The van der Waals surface area contributed by atoms with Gasteiger partial charge in [0.05, 0.1) is 25.7 Å². The third-order valence-electron chi connectivity index (χ3n) is 5.21. The molecule has 0 aromatic heterocycles. The van der Waals surface area contributed by atoms with Crippen LogP contribution in [-0.2, 0) is 0 Å². The molecule has 1 atom stereocenters. The van der Waals surface area contributed by atoms with Gasteiger partial charge in [0, 0.05) is 11.1 Å². The number of nitrogens with two attached hydrogens (primary N) is 1. The van der Waals surface area contributed by atoms with Gasteiger partial charge in [-0.05, 0) is 62.9 Å². The molecule has 0 aliphatic heterocycles. The van der Waals surface area contributed by atoms with E-state index in [4.69, 9.17) is 5.73 Å². The summed E-state index contributed by atoms with van der Waals surface area (Å²) >= 11 is 0. The van der Waals surface area contributed by atoms with Gasteiger partial charge in [-0.3, -0.25) is 9.59 Å². The molecular weight excluding hydrogens is 386 g/mol. The highest BCUT2D eigenvalue weighted by atomic mass is 35.5. The van der Waals surface area contributed by atoms with Crippen LogP contribution in [0.4, 0.5) is 0 Å². The summed E-state index contributed by atoms with van der Waals surface area (Å²) in [4.78, 5) is 25.5. The predicted molar refractivity (Wildman–Crippen MR) is 112 cm³/mol. The number of carbonyl (C=O) groups excluding carboxylic acids is 2. The number of quaternary nitrogens is 1. The van der Waals surface area contributed by atoms with E-state index in [0.29, 0.717) is 11.1 Å². The van der Waals surface area contributed by atoms with Crippen LogP contribution in [-0.4, -0.2) is 31.4 Å². The second-order valence-corrected chi connectivity index (χ2v) is 7.08. The van der Waals surface area contributed by atoms with E-state index in [1.54, 1.807) is 29.2 Å². The van der Waals surface area contributed by atoms with Gasteiger partial charge in [0.15, 0.2) is 0 Å². The first kappa shape index (κ1) is 24.7. The van der Waals surface area contributed by atoms with E-state index >= 15 is 0 Å². The molecule has 0 aliphatic carbocycles. The van der Waals surface area contributed by atoms with Crippen LogP contribution in [0.5, 0.6) is 0 Å². The van der Waals surface area contributed by atoms with E-state index in [2.05, 4.69) is 31.3 Å². The maximum absolute atomic E-state index is 12.7. The smallest absolute Gasteiger partial charge is 0.251 e. The number of amides is 2. The lowest BCUT2D eigenvalue weighted by atomic mass is 10.00. The average Bonchev–Trinajstić information content (AvgIpc) is 2.73. The van der Waals surface area contributed by atoms with Crippen molar-refractivity contribution in [2.75, 3.05) is 19.6 Å². The second kappa shape index (κ2) is 13.0. The second-order valence-electron chi connectivity index (χ2n) is 7.08. The van der Waals surface area contributed by atoms with Crippen molar-refractivity contribution in [1.82, 2.24) is 5.32 Å². The van der Waals surface area contributed by atoms with E-state index in [0.717, 1.165) is 44.5 Å². The number of rotatable bonds is 11. The predicted octanol–water partition coefficient (Wildman–Crippen LogP) is -0.644. The summed E-state index contributed by atoms with van der Waals surface area (Å²) in [7, 11) is 0. The van der Waals surface area contributed by atoms with Crippen LogP contribution in [0.3, 0.4) is 0 Å². The Labute approximate surface area is 180 Å². The Hall–Kier alpha value is -2.37. The Bertz CT molecular complexity index is 746. The maximum Gasteiger partial charge on any atom is 0.251 e. The zero-order chi connectivity index (χ0) is 20.4. The highest BCUT2D eigenvalue weighted by Gasteiger charge is 2.16. The first-order valence-electron chi connectivity index (χ1n) is 10.1. The largest absolute Gasteiger partial charge is 1.00 e. The van der Waals surface area contributed by atoms with E-state index < -0.39 is 5.91 Å². The number of primary amides is 1. The summed E-state index contributed by atoms with van der Waals surface area (Å²) in [6.45, 7) is 7.90. The number of benzene rings is 2. The van der Waals surface area contributed by atoms with E-state index in [1.165, 1.54) is 0 Å². The van der Waals surface area contributed by atoms with Crippen molar-refractivity contribution in [3.05, 3.63) is 71.3 Å². The molecule has 158 valence electrons. The number of carbonyl (C=O) groups is 2. The third kappa shape index (κ3) is 7.87. The lowest BCUT2D eigenvalue weighted by molar-refractivity contribution is -0.896. The molecule has 0 saturated carbocycles. The molecule has 0 heterocycles. The Morgan fingerprint density at radius 3 is 2.07 bits per heavy atom. The highest BCUT2D eigenvalue weighted by Crippen LogP contribution is 2.20. The molecule has 29 heavy (non-hydrogen) atoms. The molecule has 0 radical (unpaired) electrons. The van der Waals surface area contributed by atoms with Gasteiger partial charge in [-0.2, -0.15) is 0 Å². The van der Waals surface area contributed by atoms with Gasteiger partial charge in [0.2, 0.25) is 5.91 Å². The van der Waals surface area contributed by atoms with Gasteiger partial charge in [-0.1, -0.05) is 30.3 Å². The highest BCUT2D eigenvalue weighted by molar-refractivity contribution is 5.97. The van der Waals surface area contributed by atoms with Crippen molar-refractivity contribution in [1.29, 1.82) is 0 Å². The van der Waals surface area contributed by atoms with Crippen molar-refractivity contribution < 1.29 is 26.9 Å². The Morgan fingerprint density at radius 2 is 1.52 bits per heavy atom. The standard InChI is InChI=1S/C23H31N3O2.ClH/c1-3-26(4-2)17-9-8-12-21(18-10-6-5-7-11-18)25-23(28)20-15-13-19(14-16-20)22(24)27;/h5-7,10-11,13-16,21H,3-4,8-9,12,17H2,1-2H3,(H2,24,27)(H,25,28);1H. The van der Waals surface area contributed by atoms with Crippen molar-refractivity contribution in [3.8, 4) is 0 Å². The van der Waals surface area contributed by atoms with Gasteiger partial charge in [0.1, 0.15) is 0 Å². The molecule has 5 nitrogen and oxygen atoms in total. The van der Waals surface area contributed by atoms with Crippen LogP contribution >= 0.6 is 0 Å². The molecule has 0 aliphatic rings. The summed E-state index contributed by atoms with van der Waals surface area (Å²) in [6.07, 6.45) is 3.10. The fourth-order valence-electron chi connectivity index (χ4n) is 3.36. The Kier molecular flexibility index (Phi) is 11.0. The molecule has 2 aromatic carbocycles. The lowest BCUT2D eigenvalue weighted by Gasteiger charge is -2.20. The number of hydrogen-bond acceptors (Lipinski definition) is 2. The Balaban J connectivity index is 0.00000420. The zero-order valence-corrected chi connectivity index (χ0v) is 18.0. The molecule has 6 heteroatoms. The summed E-state index contributed by atoms with van der Waals surface area (Å²) < 4.78 is 0. The molecule has 0 bridgehead atoms. The van der Waals surface area contributed by atoms with Crippen molar-refractivity contribution in [2.24, 2.45) is 5.73 Å². The Morgan fingerprint density at radius 1 is 0.931 bits per heavy atom. The monoisotopic (exact) mass is 417 g/mol. The summed E-state index contributed by atoms with van der Waals surface area (Å²) in [5.74, 6) is -0.635. The molecule has 0 spiro atoms. The lowest BCUT2D eigenvalue weighted by Crippen LogP contribution is -3.11. The van der Waals surface area contributed by atoms with Gasteiger partial charge in [0.25, 0.3) is 5.91 Å². The van der Waals surface area contributed by atoms with Crippen LogP contribution < -0.4 is 28.4 Å². The minimum absolute atomic E-state index is 0. The quantitative estimate of drug-likeness (QED) is 0.425. The van der Waals surface area contributed by atoms with Crippen LogP contribution in [0.1, 0.15) is 65.4 Å². The van der Waals surface area contributed by atoms with Crippen LogP contribution in [0.2, 0.25) is 0 Å². The van der Waals surface area contributed by atoms with E-state index in [9.17, 15) is 9.59 Å². The molecule has 1 unspecified atom stereocenters.